The van der Waals surface area contributed by atoms with Crippen molar-refractivity contribution in [2.24, 2.45) is 5.41 Å². The van der Waals surface area contributed by atoms with Gasteiger partial charge in [0.05, 0.1) is 11.4 Å². The SMILES string of the molecule is CC1(C)CCN(c2cccc3c2NCCC3)C1. The second-order valence-electron chi connectivity index (χ2n) is 6.18. The summed E-state index contributed by atoms with van der Waals surface area (Å²) in [5, 5.41) is 3.59. The van der Waals surface area contributed by atoms with Gasteiger partial charge in [0, 0.05) is 19.6 Å². The zero-order chi connectivity index (χ0) is 11.9. The zero-order valence-electron chi connectivity index (χ0n) is 10.9. The number of fused-ring (bicyclic) bond motifs is 1. The van der Waals surface area contributed by atoms with Crippen molar-refractivity contribution in [2.45, 2.75) is 33.1 Å². The first-order chi connectivity index (χ1) is 8.16. The van der Waals surface area contributed by atoms with Gasteiger partial charge in [-0.15, -0.1) is 0 Å². The molecule has 1 N–H and O–H groups in total. The first kappa shape index (κ1) is 10.9. The van der Waals surface area contributed by atoms with Crippen molar-refractivity contribution in [1.82, 2.24) is 0 Å². The molecule has 1 aromatic carbocycles. The Kier molecular flexibility index (Phi) is 2.53. The van der Waals surface area contributed by atoms with Crippen molar-refractivity contribution < 1.29 is 0 Å². The second kappa shape index (κ2) is 3.94. The maximum absolute atomic E-state index is 3.59. The van der Waals surface area contributed by atoms with Gasteiger partial charge in [-0.3, -0.25) is 0 Å². The summed E-state index contributed by atoms with van der Waals surface area (Å²) in [7, 11) is 0. The maximum atomic E-state index is 3.59. The molecule has 92 valence electrons. The van der Waals surface area contributed by atoms with Crippen LogP contribution in [0.15, 0.2) is 18.2 Å². The lowest BCUT2D eigenvalue weighted by Crippen LogP contribution is -2.25. The van der Waals surface area contributed by atoms with E-state index in [0.717, 1.165) is 6.54 Å². The second-order valence-corrected chi connectivity index (χ2v) is 6.18. The van der Waals surface area contributed by atoms with E-state index in [4.69, 9.17) is 0 Å². The first-order valence-corrected chi connectivity index (χ1v) is 6.76. The number of benzene rings is 1. The Morgan fingerprint density at radius 1 is 1.29 bits per heavy atom. The molecule has 2 aliphatic rings. The Balaban J connectivity index is 1.93. The molecule has 0 unspecified atom stereocenters. The van der Waals surface area contributed by atoms with E-state index in [1.807, 2.05) is 0 Å². The Morgan fingerprint density at radius 2 is 2.18 bits per heavy atom. The molecule has 0 radical (unpaired) electrons. The summed E-state index contributed by atoms with van der Waals surface area (Å²) in [4.78, 5) is 2.55. The van der Waals surface area contributed by atoms with Crippen molar-refractivity contribution >= 4 is 11.4 Å². The molecule has 0 spiro atoms. The van der Waals surface area contributed by atoms with Gasteiger partial charge in [-0.2, -0.15) is 0 Å². The molecule has 0 saturated carbocycles. The van der Waals surface area contributed by atoms with Crippen LogP contribution in [0.1, 0.15) is 32.3 Å². The number of rotatable bonds is 1. The molecule has 1 saturated heterocycles. The van der Waals surface area contributed by atoms with Crippen molar-refractivity contribution in [3.8, 4) is 0 Å². The number of hydrogen-bond donors (Lipinski definition) is 1. The van der Waals surface area contributed by atoms with E-state index in [2.05, 4.69) is 42.3 Å². The van der Waals surface area contributed by atoms with Crippen LogP contribution in [0.5, 0.6) is 0 Å². The van der Waals surface area contributed by atoms with Crippen molar-refractivity contribution in [2.75, 3.05) is 29.9 Å². The lowest BCUT2D eigenvalue weighted by molar-refractivity contribution is 0.418. The smallest absolute Gasteiger partial charge is 0.0610 e. The lowest BCUT2D eigenvalue weighted by atomic mass is 9.93. The average Bonchev–Trinajstić information content (AvgIpc) is 2.69. The van der Waals surface area contributed by atoms with Crippen LogP contribution in [-0.4, -0.2) is 19.6 Å². The highest BCUT2D eigenvalue weighted by Gasteiger charge is 2.30. The Hall–Kier alpha value is -1.18. The monoisotopic (exact) mass is 230 g/mol. The third-order valence-corrected chi connectivity index (χ3v) is 4.07. The van der Waals surface area contributed by atoms with Crippen LogP contribution in [0.4, 0.5) is 11.4 Å². The maximum Gasteiger partial charge on any atom is 0.0610 e. The van der Waals surface area contributed by atoms with Crippen LogP contribution in [0.2, 0.25) is 0 Å². The van der Waals surface area contributed by atoms with E-state index in [9.17, 15) is 0 Å². The molecule has 1 aromatic rings. The summed E-state index contributed by atoms with van der Waals surface area (Å²) in [5.41, 5.74) is 4.79. The minimum absolute atomic E-state index is 0.470. The minimum atomic E-state index is 0.470. The summed E-state index contributed by atoms with van der Waals surface area (Å²) < 4.78 is 0. The van der Waals surface area contributed by atoms with Gasteiger partial charge in [0.25, 0.3) is 0 Å². The highest BCUT2D eigenvalue weighted by atomic mass is 15.2. The van der Waals surface area contributed by atoms with E-state index >= 15 is 0 Å². The van der Waals surface area contributed by atoms with E-state index in [1.165, 1.54) is 49.3 Å². The van der Waals surface area contributed by atoms with Crippen LogP contribution in [0, 0.1) is 5.41 Å². The van der Waals surface area contributed by atoms with E-state index < -0.39 is 0 Å². The molecule has 0 aliphatic carbocycles. The summed E-state index contributed by atoms with van der Waals surface area (Å²) in [6, 6.07) is 6.76. The molecule has 2 aliphatic heterocycles. The number of nitrogens with zero attached hydrogens (tertiary/aromatic N) is 1. The van der Waals surface area contributed by atoms with Gasteiger partial charge >= 0.3 is 0 Å². The number of anilines is 2. The predicted molar refractivity (Wildman–Crippen MR) is 73.9 cm³/mol. The van der Waals surface area contributed by atoms with Gasteiger partial charge < -0.3 is 10.2 Å². The van der Waals surface area contributed by atoms with Gasteiger partial charge in [-0.1, -0.05) is 26.0 Å². The van der Waals surface area contributed by atoms with Gasteiger partial charge in [0.15, 0.2) is 0 Å². The van der Waals surface area contributed by atoms with Crippen molar-refractivity contribution in [1.29, 1.82) is 0 Å². The largest absolute Gasteiger partial charge is 0.383 e. The van der Waals surface area contributed by atoms with E-state index in [0.29, 0.717) is 5.41 Å². The standard InChI is InChI=1S/C15H22N2/c1-15(2)8-10-17(11-15)13-7-3-5-12-6-4-9-16-14(12)13/h3,5,7,16H,4,6,8-11H2,1-2H3. The normalized spacial score (nSPS) is 22.1. The summed E-state index contributed by atoms with van der Waals surface area (Å²) in [6.07, 6.45) is 3.80. The third-order valence-electron chi connectivity index (χ3n) is 4.07. The molecule has 2 nitrogen and oxygen atoms in total. The van der Waals surface area contributed by atoms with Gasteiger partial charge in [-0.05, 0) is 36.3 Å². The Morgan fingerprint density at radius 3 is 2.94 bits per heavy atom. The van der Waals surface area contributed by atoms with Crippen LogP contribution >= 0.6 is 0 Å². The fourth-order valence-electron chi connectivity index (χ4n) is 3.07. The number of nitrogens with one attached hydrogen (secondary N) is 1. The summed E-state index contributed by atoms with van der Waals surface area (Å²) in [5.74, 6) is 0. The van der Waals surface area contributed by atoms with Crippen LogP contribution in [-0.2, 0) is 6.42 Å². The van der Waals surface area contributed by atoms with Gasteiger partial charge in [0.2, 0.25) is 0 Å². The van der Waals surface area contributed by atoms with Crippen LogP contribution < -0.4 is 10.2 Å². The summed E-state index contributed by atoms with van der Waals surface area (Å²) in [6.45, 7) is 8.25. The fourth-order valence-corrected chi connectivity index (χ4v) is 3.07. The molecule has 3 rings (SSSR count). The Labute approximate surface area is 104 Å². The lowest BCUT2D eigenvalue weighted by Gasteiger charge is -2.28. The number of para-hydroxylation sites is 1. The van der Waals surface area contributed by atoms with Crippen molar-refractivity contribution in [3.63, 3.8) is 0 Å². The third kappa shape index (κ3) is 2.01. The van der Waals surface area contributed by atoms with Crippen molar-refractivity contribution in [3.05, 3.63) is 23.8 Å². The van der Waals surface area contributed by atoms with E-state index in [1.54, 1.807) is 0 Å². The molecule has 17 heavy (non-hydrogen) atoms. The topological polar surface area (TPSA) is 15.3 Å². The molecular formula is C15H22N2. The molecule has 1 fully saturated rings. The highest BCUT2D eigenvalue weighted by molar-refractivity contribution is 5.75. The van der Waals surface area contributed by atoms with E-state index in [-0.39, 0.29) is 0 Å². The van der Waals surface area contributed by atoms with Crippen LogP contribution in [0.3, 0.4) is 0 Å². The summed E-state index contributed by atoms with van der Waals surface area (Å²) >= 11 is 0. The molecule has 0 bridgehead atoms. The Bertz CT molecular complexity index is 423. The molecule has 2 heterocycles. The molecule has 0 aromatic heterocycles. The highest BCUT2D eigenvalue weighted by Crippen LogP contribution is 2.38. The quantitative estimate of drug-likeness (QED) is 0.796. The molecule has 2 heteroatoms. The van der Waals surface area contributed by atoms with Crippen LogP contribution in [0.25, 0.3) is 0 Å². The minimum Gasteiger partial charge on any atom is -0.383 e. The number of hydrogen-bond acceptors (Lipinski definition) is 2. The predicted octanol–water partition coefficient (Wildman–Crippen LogP) is 3.28. The molecule has 0 atom stereocenters. The first-order valence-electron chi connectivity index (χ1n) is 6.76. The molecule has 0 amide bonds. The zero-order valence-corrected chi connectivity index (χ0v) is 10.9. The van der Waals surface area contributed by atoms with Gasteiger partial charge in [0.1, 0.15) is 0 Å². The van der Waals surface area contributed by atoms with Gasteiger partial charge in [-0.25, -0.2) is 0 Å². The fraction of sp³-hybridized carbons (Fsp3) is 0.600. The molecular weight excluding hydrogens is 208 g/mol. The number of aryl methyl sites for hydroxylation is 1. The average molecular weight is 230 g/mol.